The molecule has 4 rings (SSSR count). The molecule has 2 unspecified atom stereocenters. The fraction of sp³-hybridized carbons (Fsp3) is 0.278. The topological polar surface area (TPSA) is 96.0 Å². The number of carbonyl (C=O) groups excluding carboxylic acids is 2. The monoisotopic (exact) mass is 713 g/mol. The molecule has 0 spiro atoms. The van der Waals surface area contributed by atoms with Crippen LogP contribution in [-0.4, -0.2) is 50.4 Å². The number of halogens is 3. The first-order chi connectivity index (χ1) is 22.9. The van der Waals surface area contributed by atoms with Gasteiger partial charge in [0.2, 0.25) is 11.8 Å². The highest BCUT2D eigenvalue weighted by atomic mass is 35.5. The lowest BCUT2D eigenvalue weighted by Crippen LogP contribution is -2.54. The minimum atomic E-state index is -4.40. The molecule has 1 N–H and O–H groups in total. The van der Waals surface area contributed by atoms with Gasteiger partial charge in [0, 0.05) is 29.1 Å². The minimum absolute atomic E-state index is 0.117. The van der Waals surface area contributed by atoms with Crippen LogP contribution in [0, 0.1) is 5.82 Å². The second-order valence-corrected chi connectivity index (χ2v) is 13.9. The van der Waals surface area contributed by atoms with Gasteiger partial charge in [-0.05, 0) is 92.1 Å². The van der Waals surface area contributed by atoms with Gasteiger partial charge in [-0.3, -0.25) is 13.9 Å². The number of benzene rings is 4. The molecule has 254 valence electrons. The lowest BCUT2D eigenvalue weighted by atomic mass is 10.0. The Balaban J connectivity index is 1.83. The minimum Gasteiger partial charge on any atom is -0.494 e. The Morgan fingerprint density at radius 2 is 1.58 bits per heavy atom. The van der Waals surface area contributed by atoms with Crippen molar-refractivity contribution in [1.82, 2.24) is 10.2 Å². The number of hydrogen-bond acceptors (Lipinski definition) is 5. The second-order valence-electron chi connectivity index (χ2n) is 11.2. The van der Waals surface area contributed by atoms with Gasteiger partial charge in [0.25, 0.3) is 10.0 Å². The highest BCUT2D eigenvalue weighted by molar-refractivity contribution is 7.92. The van der Waals surface area contributed by atoms with Gasteiger partial charge < -0.3 is 15.0 Å². The molecule has 8 nitrogen and oxygen atoms in total. The van der Waals surface area contributed by atoms with Crippen LogP contribution in [0.5, 0.6) is 5.75 Å². The maximum atomic E-state index is 14.6. The fourth-order valence-electron chi connectivity index (χ4n) is 4.97. The van der Waals surface area contributed by atoms with E-state index >= 15 is 0 Å². The molecule has 0 radical (unpaired) electrons. The third kappa shape index (κ3) is 9.49. The van der Waals surface area contributed by atoms with Crippen molar-refractivity contribution < 1.29 is 27.1 Å². The summed E-state index contributed by atoms with van der Waals surface area (Å²) < 4.78 is 48.6. The van der Waals surface area contributed by atoms with Crippen LogP contribution in [0.1, 0.15) is 38.3 Å². The second kappa shape index (κ2) is 16.8. The SMILES string of the molecule is CCOc1ccc(N(CC(=O)N(Cc2ccc(Cl)cc2Cl)C(Cc2ccccc2)C(=O)NC(C)CC)S(=O)(=O)c2ccc(F)cc2)cc1. The van der Waals surface area contributed by atoms with E-state index in [4.69, 9.17) is 27.9 Å². The molecule has 2 atom stereocenters. The Kier molecular flexibility index (Phi) is 12.9. The zero-order valence-electron chi connectivity index (χ0n) is 26.9. The number of carbonyl (C=O) groups is 2. The molecular formula is C36H38Cl2FN3O5S. The van der Waals surface area contributed by atoms with Gasteiger partial charge in [-0.2, -0.15) is 0 Å². The van der Waals surface area contributed by atoms with E-state index in [-0.39, 0.29) is 34.6 Å². The van der Waals surface area contributed by atoms with E-state index in [0.29, 0.717) is 29.4 Å². The summed E-state index contributed by atoms with van der Waals surface area (Å²) in [5.74, 6) is -1.17. The third-order valence-electron chi connectivity index (χ3n) is 7.74. The normalized spacial score (nSPS) is 12.5. The van der Waals surface area contributed by atoms with Crippen LogP contribution < -0.4 is 14.4 Å². The first-order valence-electron chi connectivity index (χ1n) is 15.5. The summed E-state index contributed by atoms with van der Waals surface area (Å²) >= 11 is 12.7. The van der Waals surface area contributed by atoms with Crippen molar-refractivity contribution in [3.63, 3.8) is 0 Å². The van der Waals surface area contributed by atoms with Crippen LogP contribution in [0.15, 0.2) is 102 Å². The van der Waals surface area contributed by atoms with Crippen LogP contribution in [0.2, 0.25) is 10.0 Å². The Labute approximate surface area is 291 Å². The van der Waals surface area contributed by atoms with Crippen molar-refractivity contribution in [3.05, 3.63) is 124 Å². The van der Waals surface area contributed by atoms with Crippen molar-refractivity contribution in [1.29, 1.82) is 0 Å². The molecule has 0 fully saturated rings. The first kappa shape index (κ1) is 36.7. The molecule has 0 aliphatic rings. The lowest BCUT2D eigenvalue weighted by molar-refractivity contribution is -0.140. The predicted molar refractivity (Wildman–Crippen MR) is 187 cm³/mol. The summed E-state index contributed by atoms with van der Waals surface area (Å²) in [4.78, 5) is 29.7. The van der Waals surface area contributed by atoms with Gasteiger partial charge in [0.15, 0.2) is 0 Å². The highest BCUT2D eigenvalue weighted by Gasteiger charge is 2.35. The molecule has 0 aromatic heterocycles. The lowest BCUT2D eigenvalue weighted by Gasteiger charge is -2.34. The zero-order valence-corrected chi connectivity index (χ0v) is 29.2. The van der Waals surface area contributed by atoms with Crippen molar-refractivity contribution in [2.75, 3.05) is 17.5 Å². The number of nitrogens with zero attached hydrogens (tertiary/aromatic N) is 2. The smallest absolute Gasteiger partial charge is 0.264 e. The number of ether oxygens (including phenoxy) is 1. The van der Waals surface area contributed by atoms with Crippen LogP contribution in [0.4, 0.5) is 10.1 Å². The van der Waals surface area contributed by atoms with Crippen LogP contribution in [0.3, 0.4) is 0 Å². The quantitative estimate of drug-likeness (QED) is 0.140. The molecule has 0 aliphatic heterocycles. The van der Waals surface area contributed by atoms with E-state index in [1.807, 2.05) is 51.1 Å². The number of sulfonamides is 1. The Bertz CT molecular complexity index is 1790. The van der Waals surface area contributed by atoms with E-state index < -0.39 is 40.2 Å². The number of amides is 2. The molecule has 4 aromatic rings. The predicted octanol–water partition coefficient (Wildman–Crippen LogP) is 7.28. The average Bonchev–Trinajstić information content (AvgIpc) is 3.07. The van der Waals surface area contributed by atoms with E-state index in [1.165, 1.54) is 23.1 Å². The summed E-state index contributed by atoms with van der Waals surface area (Å²) in [6, 6.07) is 23.4. The number of rotatable bonds is 15. The molecular weight excluding hydrogens is 676 g/mol. The van der Waals surface area contributed by atoms with Crippen molar-refractivity contribution in [2.45, 2.75) is 57.1 Å². The maximum Gasteiger partial charge on any atom is 0.264 e. The van der Waals surface area contributed by atoms with Gasteiger partial charge in [-0.15, -0.1) is 0 Å². The molecule has 4 aromatic carbocycles. The van der Waals surface area contributed by atoms with Crippen molar-refractivity contribution in [3.8, 4) is 5.75 Å². The Morgan fingerprint density at radius 1 is 0.917 bits per heavy atom. The number of hydrogen-bond donors (Lipinski definition) is 1. The van der Waals surface area contributed by atoms with Gasteiger partial charge in [-0.1, -0.05) is 66.5 Å². The average molecular weight is 715 g/mol. The van der Waals surface area contributed by atoms with Crippen LogP contribution in [-0.2, 0) is 32.6 Å². The standard InChI is InChI=1S/C36H38Cl2FN3O5S/c1-4-25(3)40-36(44)34(21-26-9-7-6-8-10-26)41(23-27-11-12-28(37)22-33(27)38)35(43)24-42(30-15-17-31(18-16-30)47-5-2)48(45,46)32-19-13-29(39)14-20-32/h6-20,22,25,34H,4-5,21,23-24H2,1-3H3,(H,40,44). The van der Waals surface area contributed by atoms with E-state index in [2.05, 4.69) is 5.32 Å². The van der Waals surface area contributed by atoms with E-state index in [9.17, 15) is 22.4 Å². The molecule has 12 heteroatoms. The van der Waals surface area contributed by atoms with Gasteiger partial charge >= 0.3 is 0 Å². The molecule has 48 heavy (non-hydrogen) atoms. The molecule has 2 amide bonds. The molecule has 0 heterocycles. The fourth-order valence-corrected chi connectivity index (χ4v) is 6.85. The molecule has 0 saturated heterocycles. The Morgan fingerprint density at radius 3 is 2.19 bits per heavy atom. The largest absolute Gasteiger partial charge is 0.494 e. The molecule has 0 saturated carbocycles. The summed E-state index contributed by atoms with van der Waals surface area (Å²) in [5.41, 5.74) is 1.48. The van der Waals surface area contributed by atoms with Crippen molar-refractivity contribution >= 4 is 50.7 Å². The molecule has 0 bridgehead atoms. The van der Waals surface area contributed by atoms with Gasteiger partial charge in [0.05, 0.1) is 17.2 Å². The number of anilines is 1. The first-order valence-corrected chi connectivity index (χ1v) is 17.7. The van der Waals surface area contributed by atoms with Crippen molar-refractivity contribution in [2.24, 2.45) is 0 Å². The summed E-state index contributed by atoms with van der Waals surface area (Å²) in [7, 11) is -4.40. The highest BCUT2D eigenvalue weighted by Crippen LogP contribution is 2.28. The van der Waals surface area contributed by atoms with Gasteiger partial charge in [0.1, 0.15) is 24.2 Å². The summed E-state index contributed by atoms with van der Waals surface area (Å²) in [5, 5.41) is 3.66. The molecule has 0 aliphatic carbocycles. The maximum absolute atomic E-state index is 14.6. The summed E-state index contributed by atoms with van der Waals surface area (Å²) in [6.07, 6.45) is 0.802. The zero-order chi connectivity index (χ0) is 34.8. The van der Waals surface area contributed by atoms with Crippen LogP contribution >= 0.6 is 23.2 Å². The van der Waals surface area contributed by atoms with E-state index in [1.54, 1.807) is 24.3 Å². The third-order valence-corrected chi connectivity index (χ3v) is 10.1. The van der Waals surface area contributed by atoms with Gasteiger partial charge in [-0.25, -0.2) is 12.8 Å². The van der Waals surface area contributed by atoms with Crippen LogP contribution in [0.25, 0.3) is 0 Å². The Hall–Kier alpha value is -4.12. The number of nitrogens with one attached hydrogen (secondary N) is 1. The van der Waals surface area contributed by atoms with E-state index in [0.717, 1.165) is 34.1 Å². The summed E-state index contributed by atoms with van der Waals surface area (Å²) in [6.45, 7) is 5.22.